The largest absolute Gasteiger partial charge is 0.506 e. The van der Waals surface area contributed by atoms with E-state index >= 15 is 0 Å². The second-order valence-electron chi connectivity index (χ2n) is 5.75. The SMILES string of the molecule is CC(O)(Cc1cn(-c2ccc(F)cc2O)nn1)c1ccc(F)cc1. The van der Waals surface area contributed by atoms with E-state index in [9.17, 15) is 19.0 Å². The van der Waals surface area contributed by atoms with Gasteiger partial charge in [-0.2, -0.15) is 0 Å². The monoisotopic (exact) mass is 331 g/mol. The van der Waals surface area contributed by atoms with Gasteiger partial charge in [-0.25, -0.2) is 13.5 Å². The van der Waals surface area contributed by atoms with E-state index in [0.717, 1.165) is 6.07 Å². The lowest BCUT2D eigenvalue weighted by atomic mass is 9.91. The van der Waals surface area contributed by atoms with Gasteiger partial charge >= 0.3 is 0 Å². The number of aliphatic hydroxyl groups is 1. The molecule has 0 saturated heterocycles. The molecule has 1 atom stereocenters. The summed E-state index contributed by atoms with van der Waals surface area (Å²) in [7, 11) is 0. The molecule has 0 spiro atoms. The van der Waals surface area contributed by atoms with Crippen molar-refractivity contribution in [3.8, 4) is 11.4 Å². The molecule has 24 heavy (non-hydrogen) atoms. The molecule has 3 aromatic rings. The summed E-state index contributed by atoms with van der Waals surface area (Å²) < 4.78 is 27.3. The number of hydrogen-bond donors (Lipinski definition) is 2. The van der Waals surface area contributed by atoms with Crippen LogP contribution >= 0.6 is 0 Å². The Labute approximate surface area is 136 Å². The molecule has 3 rings (SSSR count). The Balaban J connectivity index is 1.84. The number of halogens is 2. The number of hydrogen-bond acceptors (Lipinski definition) is 4. The molecule has 1 heterocycles. The molecule has 1 aromatic heterocycles. The predicted molar refractivity (Wildman–Crippen MR) is 82.7 cm³/mol. The van der Waals surface area contributed by atoms with Crippen molar-refractivity contribution in [2.24, 2.45) is 0 Å². The molecule has 0 aliphatic heterocycles. The minimum atomic E-state index is -1.26. The molecule has 0 amide bonds. The molecule has 2 aromatic carbocycles. The number of phenols is 1. The molecule has 5 nitrogen and oxygen atoms in total. The molecule has 0 aliphatic rings. The van der Waals surface area contributed by atoms with Crippen molar-refractivity contribution in [2.75, 3.05) is 0 Å². The first-order valence-electron chi connectivity index (χ1n) is 7.24. The van der Waals surface area contributed by atoms with Gasteiger partial charge in [-0.05, 0) is 36.8 Å². The van der Waals surface area contributed by atoms with Crippen LogP contribution in [-0.2, 0) is 12.0 Å². The van der Waals surface area contributed by atoms with Gasteiger partial charge in [-0.15, -0.1) is 5.10 Å². The fraction of sp³-hybridized carbons (Fsp3) is 0.176. The van der Waals surface area contributed by atoms with Gasteiger partial charge in [0.2, 0.25) is 0 Å². The molecular weight excluding hydrogens is 316 g/mol. The van der Waals surface area contributed by atoms with Gasteiger partial charge in [-0.1, -0.05) is 17.3 Å². The number of aromatic hydroxyl groups is 1. The molecule has 0 fully saturated rings. The fourth-order valence-electron chi connectivity index (χ4n) is 2.45. The smallest absolute Gasteiger partial charge is 0.144 e. The molecule has 1 unspecified atom stereocenters. The number of phenolic OH excluding ortho intramolecular Hbond substituents is 1. The van der Waals surface area contributed by atoms with Crippen molar-refractivity contribution in [1.82, 2.24) is 15.0 Å². The van der Waals surface area contributed by atoms with E-state index in [1.54, 1.807) is 6.92 Å². The summed E-state index contributed by atoms with van der Waals surface area (Å²) in [6.45, 7) is 1.59. The van der Waals surface area contributed by atoms with Crippen LogP contribution in [0, 0.1) is 11.6 Å². The quantitative estimate of drug-likeness (QED) is 0.771. The van der Waals surface area contributed by atoms with Crippen molar-refractivity contribution in [2.45, 2.75) is 18.9 Å². The molecule has 7 heteroatoms. The first-order valence-corrected chi connectivity index (χ1v) is 7.24. The normalized spacial score (nSPS) is 13.7. The van der Waals surface area contributed by atoms with E-state index in [4.69, 9.17) is 0 Å². The summed E-state index contributed by atoms with van der Waals surface area (Å²) in [5.41, 5.74) is 0.0204. The van der Waals surface area contributed by atoms with Gasteiger partial charge in [0.15, 0.2) is 0 Å². The number of benzene rings is 2. The Bertz CT molecular complexity index is 861. The zero-order valence-corrected chi connectivity index (χ0v) is 12.8. The van der Waals surface area contributed by atoms with Crippen molar-refractivity contribution >= 4 is 0 Å². The average molecular weight is 331 g/mol. The number of rotatable bonds is 4. The van der Waals surface area contributed by atoms with E-state index in [2.05, 4.69) is 10.3 Å². The van der Waals surface area contributed by atoms with Gasteiger partial charge in [0, 0.05) is 12.5 Å². The molecule has 0 saturated carbocycles. The zero-order chi connectivity index (χ0) is 17.3. The number of aromatic nitrogens is 3. The maximum atomic E-state index is 13.0. The van der Waals surface area contributed by atoms with Crippen LogP contribution in [0.25, 0.3) is 5.69 Å². The minimum Gasteiger partial charge on any atom is -0.506 e. The molecule has 2 N–H and O–H groups in total. The van der Waals surface area contributed by atoms with Crippen LogP contribution in [0.4, 0.5) is 8.78 Å². The van der Waals surface area contributed by atoms with Crippen LogP contribution in [0.1, 0.15) is 18.2 Å². The highest BCUT2D eigenvalue weighted by atomic mass is 19.1. The van der Waals surface area contributed by atoms with Crippen molar-refractivity contribution in [3.63, 3.8) is 0 Å². The minimum absolute atomic E-state index is 0.139. The Morgan fingerprint density at radius 2 is 1.75 bits per heavy atom. The van der Waals surface area contributed by atoms with Crippen LogP contribution in [-0.4, -0.2) is 25.2 Å². The molecular formula is C17H15F2N3O2. The second kappa shape index (κ2) is 6.01. The van der Waals surface area contributed by atoms with E-state index in [1.807, 2.05) is 0 Å². The van der Waals surface area contributed by atoms with Gasteiger partial charge in [0.25, 0.3) is 0 Å². The standard InChI is InChI=1S/C17H15F2N3O2/c1-17(24,11-2-4-12(18)5-3-11)9-14-10-22(21-20-14)15-7-6-13(19)8-16(15)23/h2-8,10,23-24H,9H2,1H3. The zero-order valence-electron chi connectivity index (χ0n) is 12.8. The topological polar surface area (TPSA) is 71.2 Å². The lowest BCUT2D eigenvalue weighted by Crippen LogP contribution is -2.24. The van der Waals surface area contributed by atoms with Crippen LogP contribution in [0.5, 0.6) is 5.75 Å². The first kappa shape index (κ1) is 16.1. The average Bonchev–Trinajstić information content (AvgIpc) is 2.95. The molecule has 0 radical (unpaired) electrons. The summed E-state index contributed by atoms with van der Waals surface area (Å²) in [5.74, 6) is -1.21. The lowest BCUT2D eigenvalue weighted by Gasteiger charge is -2.22. The van der Waals surface area contributed by atoms with Gasteiger partial charge in [-0.3, -0.25) is 0 Å². The molecule has 0 bridgehead atoms. The Morgan fingerprint density at radius 1 is 1.08 bits per heavy atom. The van der Waals surface area contributed by atoms with Crippen molar-refractivity contribution in [3.05, 3.63) is 71.6 Å². The van der Waals surface area contributed by atoms with Crippen LogP contribution in [0.3, 0.4) is 0 Å². The van der Waals surface area contributed by atoms with Crippen LogP contribution in [0.2, 0.25) is 0 Å². The van der Waals surface area contributed by atoms with Crippen molar-refractivity contribution in [1.29, 1.82) is 0 Å². The van der Waals surface area contributed by atoms with E-state index < -0.39 is 11.4 Å². The highest BCUT2D eigenvalue weighted by Crippen LogP contribution is 2.26. The van der Waals surface area contributed by atoms with E-state index in [-0.39, 0.29) is 23.7 Å². The van der Waals surface area contributed by atoms with Gasteiger partial charge < -0.3 is 10.2 Å². The van der Waals surface area contributed by atoms with E-state index in [1.165, 1.54) is 47.3 Å². The summed E-state index contributed by atoms with van der Waals surface area (Å²) in [4.78, 5) is 0. The van der Waals surface area contributed by atoms with Gasteiger partial charge in [0.05, 0.1) is 17.5 Å². The second-order valence-corrected chi connectivity index (χ2v) is 5.75. The van der Waals surface area contributed by atoms with Crippen molar-refractivity contribution < 1.29 is 19.0 Å². The Kier molecular flexibility index (Phi) is 4.02. The Hall–Kier alpha value is -2.80. The highest BCUT2D eigenvalue weighted by molar-refractivity contribution is 5.45. The summed E-state index contributed by atoms with van der Waals surface area (Å²) in [5, 5.41) is 28.2. The Morgan fingerprint density at radius 3 is 2.42 bits per heavy atom. The number of nitrogens with zero attached hydrogens (tertiary/aromatic N) is 3. The van der Waals surface area contributed by atoms with Crippen LogP contribution < -0.4 is 0 Å². The first-order chi connectivity index (χ1) is 11.3. The summed E-state index contributed by atoms with van der Waals surface area (Å²) in [6, 6.07) is 9.11. The van der Waals surface area contributed by atoms with Gasteiger partial charge in [0.1, 0.15) is 23.1 Å². The third kappa shape index (κ3) is 3.26. The summed E-state index contributed by atoms with van der Waals surface area (Å²) in [6.07, 6.45) is 1.67. The third-order valence-corrected chi connectivity index (χ3v) is 3.72. The molecule has 0 aliphatic carbocycles. The fourth-order valence-corrected chi connectivity index (χ4v) is 2.45. The third-order valence-electron chi connectivity index (χ3n) is 3.72. The predicted octanol–water partition coefficient (Wildman–Crippen LogP) is 2.70. The molecule has 124 valence electrons. The maximum Gasteiger partial charge on any atom is 0.144 e. The highest BCUT2D eigenvalue weighted by Gasteiger charge is 2.25. The van der Waals surface area contributed by atoms with Crippen LogP contribution in [0.15, 0.2) is 48.7 Å². The lowest BCUT2D eigenvalue weighted by molar-refractivity contribution is 0.0565. The van der Waals surface area contributed by atoms with E-state index in [0.29, 0.717) is 11.3 Å². The maximum absolute atomic E-state index is 13.0. The summed E-state index contributed by atoms with van der Waals surface area (Å²) >= 11 is 0.